The molecule has 1 aliphatic rings. The maximum absolute atomic E-state index is 11.8. The third-order valence-electron chi connectivity index (χ3n) is 6.67. The summed E-state index contributed by atoms with van der Waals surface area (Å²) < 4.78 is 10.9. The van der Waals surface area contributed by atoms with Gasteiger partial charge in [0.25, 0.3) is 0 Å². The van der Waals surface area contributed by atoms with Crippen LogP contribution in [0.2, 0.25) is 0 Å². The fourth-order valence-electron chi connectivity index (χ4n) is 4.42. The Morgan fingerprint density at radius 2 is 1.83 bits per heavy atom. The predicted octanol–water partition coefficient (Wildman–Crippen LogP) is 6.82. The smallest absolute Gasteiger partial charge is 0.333 e. The molecule has 8 heteroatoms. The fraction of sp³-hybridized carbons (Fsp3) is 0.353. The summed E-state index contributed by atoms with van der Waals surface area (Å²) in [5.41, 5.74) is 11.0. The second-order valence-corrected chi connectivity index (χ2v) is 11.1. The van der Waals surface area contributed by atoms with Gasteiger partial charge < -0.3 is 20.0 Å². The van der Waals surface area contributed by atoms with Gasteiger partial charge >= 0.3 is 5.97 Å². The molecule has 1 aliphatic carbocycles. The molecule has 222 valence electrons. The van der Waals surface area contributed by atoms with E-state index in [-0.39, 0.29) is 23.7 Å². The average molecular weight is 589 g/mol. The van der Waals surface area contributed by atoms with E-state index in [1.54, 1.807) is 31.3 Å². The lowest BCUT2D eigenvalue weighted by atomic mass is 9.89. The summed E-state index contributed by atoms with van der Waals surface area (Å²) in [5, 5.41) is 2.86. The summed E-state index contributed by atoms with van der Waals surface area (Å²) in [6, 6.07) is 17.9. The first kappa shape index (κ1) is 32.6. The van der Waals surface area contributed by atoms with Crippen molar-refractivity contribution < 1.29 is 23.9 Å². The molecule has 0 aliphatic heterocycles. The first-order valence-electron chi connectivity index (χ1n) is 14.3. The first-order valence-corrected chi connectivity index (χ1v) is 15.1. The number of ketones is 1. The van der Waals surface area contributed by atoms with Gasteiger partial charge in [-0.25, -0.2) is 9.78 Å². The molecule has 3 aromatic rings. The maximum atomic E-state index is 11.8. The second-order valence-electron chi connectivity index (χ2n) is 10.2. The molecule has 0 radical (unpaired) electrons. The first-order chi connectivity index (χ1) is 20.3. The normalized spacial score (nSPS) is 16.2. The zero-order chi connectivity index (χ0) is 30.3. The summed E-state index contributed by atoms with van der Waals surface area (Å²) in [6.07, 6.45) is 8.62. The van der Waals surface area contributed by atoms with E-state index in [2.05, 4.69) is 4.98 Å². The lowest BCUT2D eigenvalue weighted by Gasteiger charge is -2.13. The van der Waals surface area contributed by atoms with Crippen LogP contribution in [0.5, 0.6) is 5.75 Å². The van der Waals surface area contributed by atoms with Gasteiger partial charge in [0.2, 0.25) is 0 Å². The Hall–Kier alpha value is -3.88. The van der Waals surface area contributed by atoms with Crippen LogP contribution in [0.4, 0.5) is 0 Å². The van der Waals surface area contributed by atoms with Gasteiger partial charge in [0.1, 0.15) is 29.4 Å². The minimum atomic E-state index is -0.303. The Bertz CT molecular complexity index is 1360. The van der Waals surface area contributed by atoms with Crippen molar-refractivity contribution in [1.29, 1.82) is 0 Å². The van der Waals surface area contributed by atoms with Crippen LogP contribution >= 0.6 is 11.3 Å². The van der Waals surface area contributed by atoms with Crippen molar-refractivity contribution in [2.45, 2.75) is 65.5 Å². The third-order valence-corrected chi connectivity index (χ3v) is 7.66. The summed E-state index contributed by atoms with van der Waals surface area (Å²) in [5.74, 6) is 0.400. The van der Waals surface area contributed by atoms with Gasteiger partial charge in [-0.1, -0.05) is 48.9 Å². The zero-order valence-corrected chi connectivity index (χ0v) is 25.4. The highest BCUT2D eigenvalue weighted by molar-refractivity contribution is 7.09. The Kier molecular flexibility index (Phi) is 13.3. The molecule has 2 aromatic carbocycles. The van der Waals surface area contributed by atoms with E-state index < -0.39 is 0 Å². The molecule has 1 saturated carbocycles. The topological polar surface area (TPSA) is 109 Å². The number of ether oxygens (including phenoxy) is 2. The lowest BCUT2D eigenvalue weighted by molar-refractivity contribution is -0.138. The van der Waals surface area contributed by atoms with Gasteiger partial charge in [-0.15, -0.1) is 11.3 Å². The molecule has 4 rings (SSSR count). The van der Waals surface area contributed by atoms with Crippen molar-refractivity contribution in [2.75, 3.05) is 6.61 Å². The van der Waals surface area contributed by atoms with E-state index in [4.69, 9.17) is 15.2 Å². The molecule has 1 unspecified atom stereocenters. The predicted molar refractivity (Wildman–Crippen MR) is 167 cm³/mol. The molecule has 42 heavy (non-hydrogen) atoms. The molecule has 0 saturated heterocycles. The number of rotatable bonds is 11. The van der Waals surface area contributed by atoms with Crippen molar-refractivity contribution in [3.8, 4) is 5.75 Å². The Morgan fingerprint density at radius 1 is 1.10 bits per heavy atom. The molecule has 1 fully saturated rings. The van der Waals surface area contributed by atoms with Gasteiger partial charge in [0.05, 0.1) is 24.3 Å². The molecule has 1 heterocycles. The average Bonchev–Trinajstić information content (AvgIpc) is 3.46. The van der Waals surface area contributed by atoms with E-state index in [1.807, 2.05) is 73.0 Å². The molecule has 1 aromatic heterocycles. The van der Waals surface area contributed by atoms with E-state index >= 15 is 0 Å². The summed E-state index contributed by atoms with van der Waals surface area (Å²) in [7, 11) is 0. The number of aromatic nitrogens is 1. The molecule has 7 nitrogen and oxygen atoms in total. The Morgan fingerprint density at radius 3 is 2.48 bits per heavy atom. The van der Waals surface area contributed by atoms with E-state index in [0.29, 0.717) is 31.6 Å². The van der Waals surface area contributed by atoms with Crippen LogP contribution in [0.25, 0.3) is 6.08 Å². The van der Waals surface area contributed by atoms with Gasteiger partial charge in [0, 0.05) is 17.4 Å². The number of hydrogen-bond acceptors (Lipinski definition) is 8. The number of benzene rings is 2. The molecule has 2 atom stereocenters. The number of allylic oxidation sites excluding steroid dienone is 2. The number of aldehydes is 1. The number of hydrogen-bond donors (Lipinski definition) is 1. The molecule has 2 N–H and O–H groups in total. The highest BCUT2D eigenvalue weighted by Gasteiger charge is 2.20. The number of nitrogens with two attached hydrogens (primary N) is 1. The number of carbonyl (C=O) groups excluding carboxylic acids is 3. The second kappa shape index (κ2) is 17.2. The number of thiazole rings is 1. The summed E-state index contributed by atoms with van der Waals surface area (Å²) in [6.45, 7) is 6.38. The van der Waals surface area contributed by atoms with Crippen LogP contribution in [0.15, 0.2) is 77.2 Å². The van der Waals surface area contributed by atoms with Gasteiger partial charge in [-0.2, -0.15) is 0 Å². The van der Waals surface area contributed by atoms with Crippen LogP contribution in [-0.4, -0.2) is 29.6 Å². The SMILES string of the molecule is CCOC(=O)/C(C)=C\C(C)=C\c1csc([C@@H](N)Cc2ccc(OCc3ccccc3)cc2)n1.O=CC1CCCCC1=O. The van der Waals surface area contributed by atoms with Gasteiger partial charge in [-0.3, -0.25) is 4.79 Å². The van der Waals surface area contributed by atoms with E-state index in [1.165, 1.54) is 0 Å². The minimum Gasteiger partial charge on any atom is -0.489 e. The monoisotopic (exact) mass is 588 g/mol. The largest absolute Gasteiger partial charge is 0.489 e. The van der Waals surface area contributed by atoms with Crippen LogP contribution in [0, 0.1) is 5.92 Å². The highest BCUT2D eigenvalue weighted by atomic mass is 32.1. The van der Waals surface area contributed by atoms with Crippen molar-refractivity contribution >= 4 is 35.5 Å². The van der Waals surface area contributed by atoms with Gasteiger partial charge in [-0.05, 0) is 81.0 Å². The quantitative estimate of drug-likeness (QED) is 0.0860. The molecule has 0 bridgehead atoms. The van der Waals surface area contributed by atoms with Crippen molar-refractivity contribution in [3.63, 3.8) is 0 Å². The minimum absolute atomic E-state index is 0.135. The molecular weight excluding hydrogens is 548 g/mol. The van der Waals surface area contributed by atoms with Crippen molar-refractivity contribution in [2.24, 2.45) is 11.7 Å². The van der Waals surface area contributed by atoms with Gasteiger partial charge in [0.15, 0.2) is 0 Å². The van der Waals surface area contributed by atoms with E-state index in [0.717, 1.165) is 58.7 Å². The summed E-state index contributed by atoms with van der Waals surface area (Å²) >= 11 is 1.54. The molecule has 0 amide bonds. The Balaban J connectivity index is 0.000000458. The number of Topliss-reactive ketones (excluding diaryl/α,β-unsaturated/α-hetero) is 1. The maximum Gasteiger partial charge on any atom is 0.333 e. The van der Waals surface area contributed by atoms with Crippen LogP contribution in [-0.2, 0) is 32.1 Å². The van der Waals surface area contributed by atoms with Crippen LogP contribution < -0.4 is 10.5 Å². The molecule has 0 spiro atoms. The number of nitrogens with zero attached hydrogens (tertiary/aromatic N) is 1. The highest BCUT2D eigenvalue weighted by Crippen LogP contribution is 2.23. The standard InChI is InChI=1S/C27H30N2O3S.C7H10O2/c1-4-31-27(30)20(3)14-19(2)15-23-18-33-26(29-23)25(28)16-21-10-12-24(13-11-21)32-17-22-8-6-5-7-9-22;8-5-6-3-1-2-4-7(6)9/h5-15,18,25H,4,16-17,28H2,1-3H3;5-6H,1-4H2/b19-15+,20-14-;/t25-;/m0./s1. The van der Waals surface area contributed by atoms with Crippen LogP contribution in [0.1, 0.15) is 74.3 Å². The number of carbonyl (C=O) groups is 3. The number of esters is 1. The summed E-state index contributed by atoms with van der Waals surface area (Å²) in [4.78, 5) is 37.4. The third kappa shape index (κ3) is 10.8. The van der Waals surface area contributed by atoms with Crippen LogP contribution in [0.3, 0.4) is 0 Å². The van der Waals surface area contributed by atoms with Crippen molar-refractivity contribution in [3.05, 3.63) is 99.0 Å². The fourth-order valence-corrected chi connectivity index (χ4v) is 5.19. The Labute approximate surface area is 252 Å². The molecular formula is C34H40N2O5S. The van der Waals surface area contributed by atoms with Crippen molar-refractivity contribution in [1.82, 2.24) is 4.98 Å². The zero-order valence-electron chi connectivity index (χ0n) is 24.6. The lowest BCUT2D eigenvalue weighted by Crippen LogP contribution is -2.19. The van der Waals surface area contributed by atoms with E-state index in [9.17, 15) is 14.4 Å².